The van der Waals surface area contributed by atoms with Crippen molar-refractivity contribution in [2.24, 2.45) is 7.05 Å². The second-order valence-corrected chi connectivity index (χ2v) is 4.85. The zero-order valence-electron chi connectivity index (χ0n) is 11.6. The van der Waals surface area contributed by atoms with E-state index in [0.717, 1.165) is 36.2 Å². The van der Waals surface area contributed by atoms with Crippen molar-refractivity contribution in [3.8, 4) is 0 Å². The molecular weight excluding hydrogens is 248 g/mol. The summed E-state index contributed by atoms with van der Waals surface area (Å²) in [5, 5.41) is 3.42. The fourth-order valence-electron chi connectivity index (χ4n) is 2.36. The molecule has 2 aromatic heterocycles. The maximum atomic E-state index is 4.63. The third kappa shape index (κ3) is 2.64. The van der Waals surface area contributed by atoms with Gasteiger partial charge in [-0.15, -0.1) is 0 Å². The van der Waals surface area contributed by atoms with E-state index in [0.29, 0.717) is 0 Å². The quantitative estimate of drug-likeness (QED) is 0.722. The van der Waals surface area contributed by atoms with E-state index in [9.17, 15) is 0 Å². The topological polar surface area (TPSA) is 42.7 Å². The Bertz CT molecular complexity index is 688. The molecule has 0 amide bonds. The summed E-state index contributed by atoms with van der Waals surface area (Å²) in [7, 11) is 2.06. The van der Waals surface area contributed by atoms with Gasteiger partial charge in [0.25, 0.3) is 0 Å². The molecule has 0 aliphatic heterocycles. The maximum Gasteiger partial charge on any atom is 0.109 e. The monoisotopic (exact) mass is 266 g/mol. The number of nitrogens with zero attached hydrogens (tertiary/aromatic N) is 3. The Morgan fingerprint density at radius 2 is 2.00 bits per heavy atom. The number of hydrogen-bond acceptors (Lipinski definition) is 3. The molecule has 20 heavy (non-hydrogen) atoms. The van der Waals surface area contributed by atoms with Crippen LogP contribution < -0.4 is 5.32 Å². The Morgan fingerprint density at radius 3 is 2.80 bits per heavy atom. The van der Waals surface area contributed by atoms with Crippen molar-refractivity contribution in [1.29, 1.82) is 0 Å². The van der Waals surface area contributed by atoms with Gasteiger partial charge in [-0.2, -0.15) is 0 Å². The summed E-state index contributed by atoms with van der Waals surface area (Å²) >= 11 is 0. The highest BCUT2D eigenvalue weighted by Gasteiger charge is 2.06. The Morgan fingerprint density at radius 1 is 1.15 bits per heavy atom. The number of benzene rings is 1. The molecule has 3 aromatic rings. The van der Waals surface area contributed by atoms with Gasteiger partial charge in [-0.3, -0.25) is 4.98 Å². The average Bonchev–Trinajstić information content (AvgIpc) is 2.82. The van der Waals surface area contributed by atoms with Crippen LogP contribution in [0.15, 0.2) is 48.8 Å². The van der Waals surface area contributed by atoms with Crippen LogP contribution >= 0.6 is 0 Å². The summed E-state index contributed by atoms with van der Waals surface area (Å²) < 4.78 is 2.15. The molecular formula is C16H18N4. The summed E-state index contributed by atoms with van der Waals surface area (Å²) in [5.74, 6) is 1.11. The van der Waals surface area contributed by atoms with E-state index in [1.165, 1.54) is 5.69 Å². The lowest BCUT2D eigenvalue weighted by molar-refractivity contribution is 0.753. The Balaban J connectivity index is 1.59. The third-order valence-electron chi connectivity index (χ3n) is 3.46. The molecule has 3 rings (SSSR count). The largest absolute Gasteiger partial charge is 0.385 e. The summed E-state index contributed by atoms with van der Waals surface area (Å²) in [5.41, 5.74) is 3.29. The lowest BCUT2D eigenvalue weighted by Gasteiger charge is -2.06. The van der Waals surface area contributed by atoms with Crippen molar-refractivity contribution in [2.75, 3.05) is 11.9 Å². The Hall–Kier alpha value is -2.36. The minimum absolute atomic E-state index is 0.950. The molecule has 0 saturated carbocycles. The van der Waals surface area contributed by atoms with Gasteiger partial charge in [-0.05, 0) is 24.6 Å². The number of rotatable bonds is 5. The van der Waals surface area contributed by atoms with Crippen LogP contribution in [0.5, 0.6) is 0 Å². The van der Waals surface area contributed by atoms with Crippen molar-refractivity contribution in [2.45, 2.75) is 12.8 Å². The molecule has 2 heterocycles. The lowest BCUT2D eigenvalue weighted by atomic mass is 10.2. The second-order valence-electron chi connectivity index (χ2n) is 4.85. The number of para-hydroxylation sites is 1. The van der Waals surface area contributed by atoms with Gasteiger partial charge in [0.05, 0.1) is 11.7 Å². The number of pyridine rings is 1. The molecule has 1 N–H and O–H groups in total. The Labute approximate surface area is 118 Å². The number of nitrogens with one attached hydrogen (secondary N) is 1. The third-order valence-corrected chi connectivity index (χ3v) is 3.46. The Kier molecular flexibility index (Phi) is 3.63. The van der Waals surface area contributed by atoms with Crippen LogP contribution in [0.2, 0.25) is 0 Å². The van der Waals surface area contributed by atoms with Crippen LogP contribution in [0, 0.1) is 0 Å². The van der Waals surface area contributed by atoms with E-state index < -0.39 is 0 Å². The van der Waals surface area contributed by atoms with Gasteiger partial charge in [0.1, 0.15) is 11.3 Å². The first kappa shape index (κ1) is 12.7. The van der Waals surface area contributed by atoms with E-state index in [1.54, 1.807) is 0 Å². The molecule has 0 aliphatic carbocycles. The molecule has 4 nitrogen and oxygen atoms in total. The number of anilines is 1. The SMILES string of the molecule is Cn1c(CCCNc2ccccc2)nc2cnccc21. The summed E-state index contributed by atoms with van der Waals surface area (Å²) in [6.45, 7) is 0.950. The molecule has 0 unspecified atom stereocenters. The molecule has 102 valence electrons. The number of imidazole rings is 1. The van der Waals surface area contributed by atoms with Crippen LogP contribution in [0.1, 0.15) is 12.2 Å². The van der Waals surface area contributed by atoms with Crippen molar-refractivity contribution in [1.82, 2.24) is 14.5 Å². The van der Waals surface area contributed by atoms with E-state index in [4.69, 9.17) is 0 Å². The molecule has 0 fully saturated rings. The minimum Gasteiger partial charge on any atom is -0.385 e. The van der Waals surface area contributed by atoms with Crippen molar-refractivity contribution in [3.05, 3.63) is 54.6 Å². The summed E-state index contributed by atoms with van der Waals surface area (Å²) in [6.07, 6.45) is 5.65. The maximum absolute atomic E-state index is 4.63. The number of fused-ring (bicyclic) bond motifs is 1. The van der Waals surface area contributed by atoms with Crippen LogP contribution in [0.4, 0.5) is 5.69 Å². The molecule has 0 bridgehead atoms. The van der Waals surface area contributed by atoms with Gasteiger partial charge in [0.15, 0.2) is 0 Å². The minimum atomic E-state index is 0.950. The standard InChI is InChI=1S/C16H18N4/c1-20-15-9-11-17-12-14(15)19-16(20)8-5-10-18-13-6-3-2-4-7-13/h2-4,6-7,9,11-12,18H,5,8,10H2,1H3. The molecule has 4 heteroatoms. The van der Waals surface area contributed by atoms with E-state index in [-0.39, 0.29) is 0 Å². The van der Waals surface area contributed by atoms with Gasteiger partial charge in [-0.25, -0.2) is 4.98 Å². The van der Waals surface area contributed by atoms with Gasteiger partial charge < -0.3 is 9.88 Å². The fourth-order valence-corrected chi connectivity index (χ4v) is 2.36. The highest BCUT2D eigenvalue weighted by molar-refractivity contribution is 5.74. The fraction of sp³-hybridized carbons (Fsp3) is 0.250. The number of hydrogen-bond donors (Lipinski definition) is 1. The molecule has 0 aliphatic rings. The second kappa shape index (κ2) is 5.74. The average molecular weight is 266 g/mol. The van der Waals surface area contributed by atoms with Gasteiger partial charge in [0, 0.05) is 31.9 Å². The van der Waals surface area contributed by atoms with Crippen LogP contribution in [0.3, 0.4) is 0 Å². The van der Waals surface area contributed by atoms with Crippen LogP contribution in [-0.2, 0) is 13.5 Å². The van der Waals surface area contributed by atoms with Gasteiger partial charge in [-0.1, -0.05) is 18.2 Å². The first-order chi connectivity index (χ1) is 9.84. The van der Waals surface area contributed by atoms with Crippen LogP contribution in [0.25, 0.3) is 11.0 Å². The summed E-state index contributed by atoms with van der Waals surface area (Å²) in [6, 6.07) is 12.3. The molecule has 0 radical (unpaired) electrons. The molecule has 0 spiro atoms. The van der Waals surface area contributed by atoms with Crippen LogP contribution in [-0.4, -0.2) is 21.1 Å². The zero-order chi connectivity index (χ0) is 13.8. The predicted octanol–water partition coefficient (Wildman–Crippen LogP) is 3.01. The van der Waals surface area contributed by atoms with Gasteiger partial charge >= 0.3 is 0 Å². The van der Waals surface area contributed by atoms with Crippen molar-refractivity contribution < 1.29 is 0 Å². The highest BCUT2D eigenvalue weighted by atomic mass is 15.1. The number of aryl methyl sites for hydroxylation is 2. The molecule has 0 atom stereocenters. The normalized spacial score (nSPS) is 10.8. The highest BCUT2D eigenvalue weighted by Crippen LogP contribution is 2.14. The van der Waals surface area contributed by atoms with Crippen molar-refractivity contribution in [3.63, 3.8) is 0 Å². The smallest absolute Gasteiger partial charge is 0.109 e. The first-order valence-corrected chi connectivity index (χ1v) is 6.89. The van der Waals surface area contributed by atoms with E-state index >= 15 is 0 Å². The first-order valence-electron chi connectivity index (χ1n) is 6.89. The summed E-state index contributed by atoms with van der Waals surface area (Å²) in [4.78, 5) is 8.74. The van der Waals surface area contributed by atoms with Crippen molar-refractivity contribution >= 4 is 16.7 Å². The van der Waals surface area contributed by atoms with E-state index in [2.05, 4.69) is 39.0 Å². The van der Waals surface area contributed by atoms with Gasteiger partial charge in [0.2, 0.25) is 0 Å². The van der Waals surface area contributed by atoms with E-state index in [1.807, 2.05) is 36.7 Å². The predicted molar refractivity (Wildman–Crippen MR) is 81.8 cm³/mol. The molecule has 1 aromatic carbocycles. The number of aromatic nitrogens is 3. The molecule has 0 saturated heterocycles. The zero-order valence-corrected chi connectivity index (χ0v) is 11.6. The lowest BCUT2D eigenvalue weighted by Crippen LogP contribution is -2.05.